The number of benzene rings is 1. The summed E-state index contributed by atoms with van der Waals surface area (Å²) in [6, 6.07) is 11.4. The smallest absolute Gasteiger partial charge is 0.336 e. The molecule has 1 aromatic carbocycles. The second-order valence-corrected chi connectivity index (χ2v) is 10.6. The number of hydrogen-bond donors (Lipinski definition) is 1. The Morgan fingerprint density at radius 2 is 1.67 bits per heavy atom. The Bertz CT molecular complexity index is 985. The van der Waals surface area contributed by atoms with Crippen LogP contribution in [0.5, 0.6) is 0 Å². The van der Waals surface area contributed by atoms with Gasteiger partial charge in [0.15, 0.2) is 0 Å². The number of carboxylic acids is 1. The molecule has 4 heteroatoms. The van der Waals surface area contributed by atoms with Gasteiger partial charge < -0.3 is 5.11 Å². The van der Waals surface area contributed by atoms with E-state index in [-0.39, 0.29) is 0 Å². The van der Waals surface area contributed by atoms with Crippen molar-refractivity contribution in [2.24, 2.45) is 5.92 Å². The third-order valence-corrected chi connectivity index (χ3v) is 6.42. The van der Waals surface area contributed by atoms with Crippen molar-refractivity contribution >= 4 is 28.9 Å². The predicted octanol–water partition coefficient (Wildman–Crippen LogP) is 10.3. The van der Waals surface area contributed by atoms with Gasteiger partial charge in [-0.05, 0) is 94.2 Å². The molecule has 0 spiro atoms. The van der Waals surface area contributed by atoms with E-state index in [9.17, 15) is 9.90 Å². The fourth-order valence-electron chi connectivity index (χ4n) is 3.51. The molecule has 0 amide bonds. The molecule has 3 nitrogen and oxygen atoms in total. The van der Waals surface area contributed by atoms with Gasteiger partial charge in [-0.2, -0.15) is 0 Å². The van der Waals surface area contributed by atoms with Crippen LogP contribution in [0.15, 0.2) is 52.9 Å². The Kier molecular flexibility index (Phi) is 17.6. The molecular formula is C32H49NO2S. The van der Waals surface area contributed by atoms with Gasteiger partial charge in [-0.3, -0.25) is 4.98 Å². The summed E-state index contributed by atoms with van der Waals surface area (Å²) in [5.74, 6) is -0.00296. The lowest BCUT2D eigenvalue weighted by molar-refractivity contribution is 0.0696. The molecule has 36 heavy (non-hydrogen) atoms. The number of thioether (sulfide) groups is 1. The van der Waals surface area contributed by atoms with Crippen LogP contribution in [0.25, 0.3) is 11.1 Å². The van der Waals surface area contributed by atoms with E-state index in [0.29, 0.717) is 5.56 Å². The zero-order valence-electron chi connectivity index (χ0n) is 24.4. The highest BCUT2D eigenvalue weighted by molar-refractivity contribution is 7.98. The number of unbranched alkanes of at least 4 members (excludes halogenated alkanes) is 2. The minimum Gasteiger partial charge on any atom is -0.478 e. The fraction of sp³-hybridized carbons (Fsp3) is 0.500. The molecule has 0 aliphatic rings. The van der Waals surface area contributed by atoms with Crippen molar-refractivity contribution in [3.05, 3.63) is 70.6 Å². The normalized spacial score (nSPS) is 11.0. The van der Waals surface area contributed by atoms with Crippen LogP contribution in [-0.4, -0.2) is 22.3 Å². The van der Waals surface area contributed by atoms with Gasteiger partial charge in [0.25, 0.3) is 0 Å². The van der Waals surface area contributed by atoms with Gasteiger partial charge in [0.1, 0.15) is 0 Å². The van der Waals surface area contributed by atoms with E-state index >= 15 is 0 Å². The molecule has 0 radical (unpaired) electrons. The molecule has 0 saturated carbocycles. The first-order chi connectivity index (χ1) is 17.0. The van der Waals surface area contributed by atoms with E-state index in [4.69, 9.17) is 0 Å². The number of pyridine rings is 1. The first-order valence-electron chi connectivity index (χ1n) is 13.1. The number of carbonyl (C=O) groups is 1. The summed E-state index contributed by atoms with van der Waals surface area (Å²) in [6.07, 6.45) is 10.9. The summed E-state index contributed by atoms with van der Waals surface area (Å²) in [5, 5.41) is 9.48. The average Bonchev–Trinajstić information content (AvgIpc) is 2.83. The minimum atomic E-state index is -0.907. The number of aryl methyl sites for hydroxylation is 1. The van der Waals surface area contributed by atoms with E-state index in [1.54, 1.807) is 6.07 Å². The van der Waals surface area contributed by atoms with Crippen LogP contribution in [0.3, 0.4) is 0 Å². The SMILES string of the molecule is CCC=C(C)C.CCCCCC(C)C.CSc1ccc(/C(C)=C(/C)c2cccc(C)n2)c(C(=O)O)c1. The molecule has 0 atom stereocenters. The lowest BCUT2D eigenvalue weighted by Gasteiger charge is -2.12. The number of hydrogen-bond acceptors (Lipinski definition) is 3. The zero-order valence-corrected chi connectivity index (χ0v) is 25.2. The Morgan fingerprint density at radius 1 is 1.00 bits per heavy atom. The topological polar surface area (TPSA) is 50.2 Å². The van der Waals surface area contributed by atoms with Crippen LogP contribution in [0.2, 0.25) is 0 Å². The predicted molar refractivity (Wildman–Crippen MR) is 161 cm³/mol. The minimum absolute atomic E-state index is 0.330. The molecular weight excluding hydrogens is 462 g/mol. The van der Waals surface area contributed by atoms with Crippen molar-refractivity contribution in [2.45, 2.75) is 99.3 Å². The number of aromatic carboxylic acids is 1. The van der Waals surface area contributed by atoms with E-state index in [1.165, 1.54) is 49.4 Å². The molecule has 1 heterocycles. The number of aromatic nitrogens is 1. The van der Waals surface area contributed by atoms with Crippen LogP contribution in [0.1, 0.15) is 115 Å². The third-order valence-electron chi connectivity index (χ3n) is 5.69. The lowest BCUT2D eigenvalue weighted by Crippen LogP contribution is -2.02. The maximum atomic E-state index is 11.6. The standard InChI is InChI=1S/C18H19NO2S.C8H18.C6H12/c1-11-6-5-7-17(19-11)13(3)12(2)15-9-8-14(22-4)10-16(15)18(20)21;1-4-5-6-7-8(2)3;1-4-5-6(2)3/h5-10H,1-4H3,(H,20,21);8H,4-7H2,1-3H3;5H,4H2,1-3H3/b13-12-;;. The maximum absolute atomic E-state index is 11.6. The zero-order chi connectivity index (χ0) is 27.7. The average molecular weight is 512 g/mol. The third kappa shape index (κ3) is 13.7. The second-order valence-electron chi connectivity index (χ2n) is 9.71. The van der Waals surface area contributed by atoms with Crippen LogP contribution in [0, 0.1) is 12.8 Å². The van der Waals surface area contributed by atoms with Crippen LogP contribution in [0.4, 0.5) is 0 Å². The van der Waals surface area contributed by atoms with Crippen LogP contribution >= 0.6 is 11.8 Å². The molecule has 0 aliphatic carbocycles. The summed E-state index contributed by atoms with van der Waals surface area (Å²) in [7, 11) is 0. The van der Waals surface area contributed by atoms with E-state index < -0.39 is 5.97 Å². The van der Waals surface area contributed by atoms with Crippen LogP contribution in [-0.2, 0) is 0 Å². The van der Waals surface area contributed by atoms with Crippen molar-refractivity contribution in [1.82, 2.24) is 4.98 Å². The van der Waals surface area contributed by atoms with Gasteiger partial charge in [-0.15, -0.1) is 11.8 Å². The quantitative estimate of drug-likeness (QED) is 0.207. The van der Waals surface area contributed by atoms with E-state index in [1.807, 2.05) is 57.4 Å². The number of carboxylic acid groups (broad SMARTS) is 1. The summed E-state index contributed by atoms with van der Waals surface area (Å²) >= 11 is 1.54. The molecule has 0 aliphatic heterocycles. The van der Waals surface area contributed by atoms with Gasteiger partial charge >= 0.3 is 5.97 Å². The van der Waals surface area contributed by atoms with Crippen molar-refractivity contribution < 1.29 is 9.90 Å². The fourth-order valence-corrected chi connectivity index (χ4v) is 3.95. The highest BCUT2D eigenvalue weighted by atomic mass is 32.2. The van der Waals surface area contributed by atoms with Crippen molar-refractivity contribution in [1.29, 1.82) is 0 Å². The highest BCUT2D eigenvalue weighted by Gasteiger charge is 2.14. The molecule has 1 N–H and O–H groups in total. The molecule has 0 saturated heterocycles. The second kappa shape index (κ2) is 18.9. The Hall–Kier alpha value is -2.33. The Labute approximate surface area is 225 Å². The Morgan fingerprint density at radius 3 is 2.11 bits per heavy atom. The molecule has 0 bridgehead atoms. The first-order valence-corrected chi connectivity index (χ1v) is 14.4. The summed E-state index contributed by atoms with van der Waals surface area (Å²) in [6.45, 7) is 19.1. The van der Waals surface area contributed by atoms with Crippen molar-refractivity contribution in [2.75, 3.05) is 6.26 Å². The monoisotopic (exact) mass is 511 g/mol. The van der Waals surface area contributed by atoms with Gasteiger partial charge in [-0.25, -0.2) is 4.79 Å². The van der Waals surface area contributed by atoms with Gasteiger partial charge in [0, 0.05) is 10.6 Å². The molecule has 0 unspecified atom stereocenters. The number of allylic oxidation sites excluding steroid dienone is 4. The largest absolute Gasteiger partial charge is 0.478 e. The molecule has 0 fully saturated rings. The molecule has 2 aromatic rings. The number of nitrogens with zero attached hydrogens (tertiary/aromatic N) is 1. The molecule has 1 aromatic heterocycles. The van der Waals surface area contributed by atoms with E-state index in [2.05, 4.69) is 52.6 Å². The maximum Gasteiger partial charge on any atom is 0.336 e. The summed E-state index contributed by atoms with van der Waals surface area (Å²) in [4.78, 5) is 17.0. The van der Waals surface area contributed by atoms with Crippen LogP contribution < -0.4 is 0 Å². The lowest BCUT2D eigenvalue weighted by atomic mass is 9.95. The van der Waals surface area contributed by atoms with E-state index in [0.717, 1.165) is 38.9 Å². The van der Waals surface area contributed by atoms with Crippen molar-refractivity contribution in [3.8, 4) is 0 Å². The first kappa shape index (κ1) is 33.7. The summed E-state index contributed by atoms with van der Waals surface area (Å²) < 4.78 is 0. The van der Waals surface area contributed by atoms with Gasteiger partial charge in [0.05, 0.1) is 11.3 Å². The van der Waals surface area contributed by atoms with Gasteiger partial charge in [-0.1, -0.05) is 77.2 Å². The molecule has 2 rings (SSSR count). The Balaban J connectivity index is 0.000000721. The summed E-state index contributed by atoms with van der Waals surface area (Å²) in [5.41, 5.74) is 6.23. The van der Waals surface area contributed by atoms with Gasteiger partial charge in [0.2, 0.25) is 0 Å². The number of rotatable bonds is 9. The van der Waals surface area contributed by atoms with Crippen molar-refractivity contribution in [3.63, 3.8) is 0 Å². The highest BCUT2D eigenvalue weighted by Crippen LogP contribution is 2.29. The molecule has 200 valence electrons.